The van der Waals surface area contributed by atoms with Crippen LogP contribution in [-0.4, -0.2) is 69.9 Å². The van der Waals surface area contributed by atoms with Gasteiger partial charge in [0.25, 0.3) is 0 Å². The van der Waals surface area contributed by atoms with E-state index in [0.29, 0.717) is 6.61 Å². The number of aliphatic imine (C=N–C) groups is 1. The Labute approximate surface area is 174 Å². The molecule has 1 aliphatic rings. The van der Waals surface area contributed by atoms with Gasteiger partial charge >= 0.3 is 0 Å². The van der Waals surface area contributed by atoms with Gasteiger partial charge in [-0.15, -0.1) is 24.0 Å². The van der Waals surface area contributed by atoms with Gasteiger partial charge in [-0.2, -0.15) is 0 Å². The molecule has 0 bridgehead atoms. The minimum Gasteiger partial charge on any atom is -0.494 e. The highest BCUT2D eigenvalue weighted by Gasteiger charge is 2.09. The molecule has 1 aromatic rings. The molecule has 0 spiro atoms. The Morgan fingerprint density at radius 3 is 2.69 bits per heavy atom. The number of guanidine groups is 1. The summed E-state index contributed by atoms with van der Waals surface area (Å²) < 4.78 is 11.1. The molecule has 2 N–H and O–H groups in total. The smallest absolute Gasteiger partial charge is 0.191 e. The first kappa shape index (κ1) is 23.0. The second kappa shape index (κ2) is 14.1. The van der Waals surface area contributed by atoms with E-state index in [1.807, 2.05) is 19.1 Å². The third kappa shape index (κ3) is 8.55. The van der Waals surface area contributed by atoms with Crippen molar-refractivity contribution in [1.82, 2.24) is 15.5 Å². The molecule has 0 amide bonds. The summed E-state index contributed by atoms with van der Waals surface area (Å²) in [6.07, 6.45) is 0.907. The predicted molar refractivity (Wildman–Crippen MR) is 118 cm³/mol. The van der Waals surface area contributed by atoms with Crippen molar-refractivity contribution in [1.29, 1.82) is 0 Å². The maximum absolute atomic E-state index is 5.68. The van der Waals surface area contributed by atoms with Gasteiger partial charge in [-0.25, -0.2) is 0 Å². The number of hydrogen-bond donors (Lipinski definition) is 2. The molecule has 6 nitrogen and oxygen atoms in total. The Bertz CT molecular complexity index is 522. The fraction of sp³-hybridized carbons (Fsp3) is 0.632. The fourth-order valence-electron chi connectivity index (χ4n) is 2.79. The molecule has 0 saturated carbocycles. The molecule has 1 aliphatic heterocycles. The normalized spacial score (nSPS) is 15.2. The molecule has 7 heteroatoms. The molecule has 0 radical (unpaired) electrons. The van der Waals surface area contributed by atoms with Gasteiger partial charge in [-0.3, -0.25) is 9.89 Å². The van der Waals surface area contributed by atoms with Gasteiger partial charge in [0.1, 0.15) is 5.75 Å². The van der Waals surface area contributed by atoms with Crippen LogP contribution in [-0.2, 0) is 11.2 Å². The number of ether oxygens (including phenoxy) is 2. The molecule has 1 saturated heterocycles. The summed E-state index contributed by atoms with van der Waals surface area (Å²) in [5, 5.41) is 6.73. The monoisotopic (exact) mass is 476 g/mol. The molecule has 0 aromatic heterocycles. The van der Waals surface area contributed by atoms with Crippen LogP contribution in [0, 0.1) is 0 Å². The summed E-state index contributed by atoms with van der Waals surface area (Å²) in [6, 6.07) is 8.22. The van der Waals surface area contributed by atoms with Crippen LogP contribution in [0.25, 0.3) is 0 Å². The summed E-state index contributed by atoms with van der Waals surface area (Å²) in [5.41, 5.74) is 1.22. The summed E-state index contributed by atoms with van der Waals surface area (Å²) in [4.78, 5) is 7.08. The second-order valence-electron chi connectivity index (χ2n) is 5.93. The summed E-state index contributed by atoms with van der Waals surface area (Å²) in [5.74, 6) is 1.85. The van der Waals surface area contributed by atoms with Gasteiger partial charge < -0.3 is 20.1 Å². The zero-order valence-electron chi connectivity index (χ0n) is 16.0. The molecule has 1 fully saturated rings. The van der Waals surface area contributed by atoms with E-state index < -0.39 is 0 Å². The van der Waals surface area contributed by atoms with E-state index in [1.54, 1.807) is 0 Å². The fourth-order valence-corrected chi connectivity index (χ4v) is 2.79. The van der Waals surface area contributed by atoms with Crippen molar-refractivity contribution < 1.29 is 9.47 Å². The third-order valence-electron chi connectivity index (χ3n) is 4.09. The minimum atomic E-state index is 0. The van der Waals surface area contributed by atoms with Gasteiger partial charge in [0.15, 0.2) is 5.96 Å². The maximum Gasteiger partial charge on any atom is 0.191 e. The van der Waals surface area contributed by atoms with Crippen LogP contribution in [0.2, 0.25) is 0 Å². The maximum atomic E-state index is 5.68. The highest BCUT2D eigenvalue weighted by molar-refractivity contribution is 14.0. The Balaban J connectivity index is 0.00000338. The van der Waals surface area contributed by atoms with E-state index in [0.717, 1.165) is 70.6 Å². The van der Waals surface area contributed by atoms with Crippen molar-refractivity contribution in [3.8, 4) is 5.75 Å². The van der Waals surface area contributed by atoms with Crippen LogP contribution < -0.4 is 15.4 Å². The Kier molecular flexibility index (Phi) is 12.4. The molecule has 148 valence electrons. The quantitative estimate of drug-likeness (QED) is 0.325. The average Bonchev–Trinajstić information content (AvgIpc) is 2.64. The number of rotatable bonds is 9. The highest BCUT2D eigenvalue weighted by Crippen LogP contribution is 2.17. The Morgan fingerprint density at radius 2 is 1.96 bits per heavy atom. The van der Waals surface area contributed by atoms with E-state index in [1.165, 1.54) is 5.56 Å². The van der Waals surface area contributed by atoms with Crippen molar-refractivity contribution in [2.75, 3.05) is 59.1 Å². The molecule has 1 heterocycles. The first-order valence-electron chi connectivity index (χ1n) is 9.36. The second-order valence-corrected chi connectivity index (χ2v) is 5.93. The highest BCUT2D eigenvalue weighted by atomic mass is 127. The molecule has 0 aliphatic carbocycles. The number of nitrogens with one attached hydrogen (secondary N) is 2. The molecule has 0 unspecified atom stereocenters. The van der Waals surface area contributed by atoms with Gasteiger partial charge in [0, 0.05) is 32.7 Å². The number of benzene rings is 1. The number of morpholine rings is 1. The van der Waals surface area contributed by atoms with Crippen molar-refractivity contribution >= 4 is 29.9 Å². The van der Waals surface area contributed by atoms with Crippen LogP contribution in [0.3, 0.4) is 0 Å². The Morgan fingerprint density at radius 1 is 1.19 bits per heavy atom. The van der Waals surface area contributed by atoms with E-state index in [2.05, 4.69) is 39.6 Å². The molecule has 2 rings (SSSR count). The van der Waals surface area contributed by atoms with Gasteiger partial charge in [0.2, 0.25) is 0 Å². The van der Waals surface area contributed by atoms with Crippen molar-refractivity contribution in [2.45, 2.75) is 20.3 Å². The van der Waals surface area contributed by atoms with Gasteiger partial charge in [-0.1, -0.05) is 18.2 Å². The molecule has 1 aromatic carbocycles. The minimum absolute atomic E-state index is 0. The number of nitrogens with zero attached hydrogens (tertiary/aromatic N) is 2. The van der Waals surface area contributed by atoms with Gasteiger partial charge in [-0.05, 0) is 31.9 Å². The van der Waals surface area contributed by atoms with Crippen LogP contribution in [0.1, 0.15) is 19.4 Å². The van der Waals surface area contributed by atoms with Crippen molar-refractivity contribution in [3.63, 3.8) is 0 Å². The SMILES string of the molecule is CCNC(=NCCN1CCOCC1)NCCc1ccccc1OCC.I. The lowest BCUT2D eigenvalue weighted by atomic mass is 10.1. The lowest BCUT2D eigenvalue weighted by molar-refractivity contribution is 0.0394. The first-order valence-corrected chi connectivity index (χ1v) is 9.36. The molecular formula is C19H33IN4O2. The zero-order chi connectivity index (χ0) is 17.7. The van der Waals surface area contributed by atoms with Crippen molar-refractivity contribution in [3.05, 3.63) is 29.8 Å². The number of hydrogen-bond acceptors (Lipinski definition) is 4. The zero-order valence-corrected chi connectivity index (χ0v) is 18.3. The van der Waals surface area contributed by atoms with E-state index in [-0.39, 0.29) is 24.0 Å². The van der Waals surface area contributed by atoms with E-state index in [9.17, 15) is 0 Å². The third-order valence-corrected chi connectivity index (χ3v) is 4.09. The van der Waals surface area contributed by atoms with Crippen LogP contribution >= 0.6 is 24.0 Å². The molecule has 0 atom stereocenters. The van der Waals surface area contributed by atoms with E-state index >= 15 is 0 Å². The van der Waals surface area contributed by atoms with Crippen LogP contribution in [0.15, 0.2) is 29.3 Å². The topological polar surface area (TPSA) is 58.1 Å². The summed E-state index contributed by atoms with van der Waals surface area (Å²) >= 11 is 0. The van der Waals surface area contributed by atoms with E-state index in [4.69, 9.17) is 9.47 Å². The predicted octanol–water partition coefficient (Wildman–Crippen LogP) is 2.13. The largest absolute Gasteiger partial charge is 0.494 e. The van der Waals surface area contributed by atoms with Gasteiger partial charge in [0.05, 0.1) is 26.4 Å². The summed E-state index contributed by atoms with van der Waals surface area (Å²) in [6.45, 7) is 11.9. The number of halogens is 1. The first-order chi connectivity index (χ1) is 12.3. The lowest BCUT2D eigenvalue weighted by Gasteiger charge is -2.25. The average molecular weight is 476 g/mol. The van der Waals surface area contributed by atoms with Crippen molar-refractivity contribution in [2.24, 2.45) is 4.99 Å². The van der Waals surface area contributed by atoms with Crippen LogP contribution in [0.5, 0.6) is 5.75 Å². The lowest BCUT2D eigenvalue weighted by Crippen LogP contribution is -2.40. The number of para-hydroxylation sites is 1. The molecule has 26 heavy (non-hydrogen) atoms. The Hall–Kier alpha value is -1.06. The standard InChI is InChI=1S/C19H32N4O2.HI/c1-3-20-19(22-11-12-23-13-15-24-16-14-23)21-10-9-17-7-5-6-8-18(17)25-4-2;/h5-8H,3-4,9-16H2,1-2H3,(H2,20,21,22);1H. The van der Waals surface area contributed by atoms with Crippen LogP contribution in [0.4, 0.5) is 0 Å². The summed E-state index contributed by atoms with van der Waals surface area (Å²) in [7, 11) is 0. The molecular weight excluding hydrogens is 443 g/mol.